The highest BCUT2D eigenvalue weighted by molar-refractivity contribution is 5.93. The number of urea groups is 1. The Hall–Kier alpha value is -2.83. The number of hydrogen-bond donors (Lipinski definition) is 3. The number of amides is 2. The van der Waals surface area contributed by atoms with Crippen LogP contribution < -0.4 is 16.2 Å². The summed E-state index contributed by atoms with van der Waals surface area (Å²) >= 11 is 0. The smallest absolute Gasteiger partial charge is 0.319 e. The average molecular weight is 343 g/mol. The molecular formula is C18H21N3O4. The van der Waals surface area contributed by atoms with E-state index in [4.69, 9.17) is 5.11 Å². The van der Waals surface area contributed by atoms with Crippen molar-refractivity contribution in [3.63, 3.8) is 0 Å². The number of fused-ring (bicyclic) bond motifs is 1. The Morgan fingerprint density at radius 2 is 1.88 bits per heavy atom. The number of benzene rings is 1. The standard InChI is InChI=1S/C18H21N3O4/c1-21-9-8-11-2-7-14(10-15(11)16(21)22)20-18(25)19-13-5-3-12(4-6-13)17(23)24/h2,7-10,12-13H,3-6H2,1H3,(H,23,24)(H2,19,20,25). The molecule has 0 spiro atoms. The molecule has 132 valence electrons. The molecule has 0 atom stereocenters. The van der Waals surface area contributed by atoms with E-state index in [9.17, 15) is 14.4 Å². The summed E-state index contributed by atoms with van der Waals surface area (Å²) in [6.45, 7) is 0. The Morgan fingerprint density at radius 1 is 1.16 bits per heavy atom. The van der Waals surface area contributed by atoms with Crippen LogP contribution in [-0.2, 0) is 11.8 Å². The van der Waals surface area contributed by atoms with Crippen LogP contribution in [0.4, 0.5) is 10.5 Å². The van der Waals surface area contributed by atoms with Gasteiger partial charge >= 0.3 is 12.0 Å². The average Bonchev–Trinajstić information content (AvgIpc) is 2.59. The first-order valence-electron chi connectivity index (χ1n) is 8.34. The van der Waals surface area contributed by atoms with Gasteiger partial charge in [0.15, 0.2) is 0 Å². The summed E-state index contributed by atoms with van der Waals surface area (Å²) in [7, 11) is 1.68. The normalized spacial score (nSPS) is 20.2. The summed E-state index contributed by atoms with van der Waals surface area (Å²) in [5.41, 5.74) is 0.432. The summed E-state index contributed by atoms with van der Waals surface area (Å²) in [4.78, 5) is 35.3. The molecule has 1 aliphatic carbocycles. The highest BCUT2D eigenvalue weighted by Gasteiger charge is 2.26. The van der Waals surface area contributed by atoms with E-state index in [1.807, 2.05) is 6.07 Å². The van der Waals surface area contributed by atoms with Crippen molar-refractivity contribution in [2.24, 2.45) is 13.0 Å². The van der Waals surface area contributed by atoms with Gasteiger partial charge in [-0.05, 0) is 49.3 Å². The second-order valence-electron chi connectivity index (χ2n) is 6.52. The zero-order valence-corrected chi connectivity index (χ0v) is 14.0. The molecule has 1 aromatic heterocycles. The maximum atomic E-state index is 12.2. The number of anilines is 1. The predicted molar refractivity (Wildman–Crippen MR) is 94.7 cm³/mol. The molecule has 3 N–H and O–H groups in total. The van der Waals surface area contributed by atoms with Gasteiger partial charge in [-0.3, -0.25) is 9.59 Å². The molecule has 7 heteroatoms. The predicted octanol–water partition coefficient (Wildman–Crippen LogP) is 2.30. The van der Waals surface area contributed by atoms with Crippen molar-refractivity contribution < 1.29 is 14.7 Å². The second-order valence-corrected chi connectivity index (χ2v) is 6.52. The lowest BCUT2D eigenvalue weighted by Crippen LogP contribution is -2.41. The Bertz CT molecular complexity index is 866. The number of pyridine rings is 1. The summed E-state index contributed by atoms with van der Waals surface area (Å²) in [5.74, 6) is -1.07. The number of aromatic nitrogens is 1. The van der Waals surface area contributed by atoms with Crippen LogP contribution in [0.5, 0.6) is 0 Å². The molecule has 25 heavy (non-hydrogen) atoms. The summed E-state index contributed by atoms with van der Waals surface area (Å²) in [6, 6.07) is 6.70. The third-order valence-corrected chi connectivity index (χ3v) is 4.75. The highest BCUT2D eigenvalue weighted by Crippen LogP contribution is 2.24. The van der Waals surface area contributed by atoms with Crippen molar-refractivity contribution >= 4 is 28.5 Å². The summed E-state index contributed by atoms with van der Waals surface area (Å²) in [5, 5.41) is 16.0. The fourth-order valence-corrected chi connectivity index (χ4v) is 3.25. The molecule has 1 aliphatic rings. The molecule has 1 aromatic carbocycles. The number of hydrogen-bond acceptors (Lipinski definition) is 3. The molecule has 1 heterocycles. The maximum Gasteiger partial charge on any atom is 0.319 e. The minimum atomic E-state index is -0.763. The molecule has 7 nitrogen and oxygen atoms in total. The van der Waals surface area contributed by atoms with Crippen molar-refractivity contribution in [1.82, 2.24) is 9.88 Å². The van der Waals surface area contributed by atoms with E-state index < -0.39 is 5.97 Å². The quantitative estimate of drug-likeness (QED) is 0.796. The first-order chi connectivity index (χ1) is 11.9. The molecule has 3 rings (SSSR count). The van der Waals surface area contributed by atoms with Gasteiger partial charge in [0.05, 0.1) is 5.92 Å². The van der Waals surface area contributed by atoms with Crippen LogP contribution in [-0.4, -0.2) is 27.7 Å². The van der Waals surface area contributed by atoms with E-state index >= 15 is 0 Å². The molecule has 1 fully saturated rings. The van der Waals surface area contributed by atoms with Crippen molar-refractivity contribution in [1.29, 1.82) is 0 Å². The van der Waals surface area contributed by atoms with Crippen LogP contribution >= 0.6 is 0 Å². The lowest BCUT2D eigenvalue weighted by atomic mass is 9.86. The maximum absolute atomic E-state index is 12.2. The fraction of sp³-hybridized carbons (Fsp3) is 0.389. The van der Waals surface area contributed by atoms with Gasteiger partial charge in [0.25, 0.3) is 5.56 Å². The first kappa shape index (κ1) is 17.0. The molecular weight excluding hydrogens is 322 g/mol. The van der Waals surface area contributed by atoms with Crippen LogP contribution in [0, 0.1) is 5.92 Å². The molecule has 0 aliphatic heterocycles. The number of carboxylic acids is 1. The molecule has 0 saturated heterocycles. The van der Waals surface area contributed by atoms with Crippen molar-refractivity contribution in [2.75, 3.05) is 5.32 Å². The van der Waals surface area contributed by atoms with Gasteiger partial charge in [0.2, 0.25) is 0 Å². The molecule has 2 amide bonds. The number of rotatable bonds is 3. The largest absolute Gasteiger partial charge is 0.481 e. The molecule has 1 saturated carbocycles. The lowest BCUT2D eigenvalue weighted by molar-refractivity contribution is -0.142. The summed E-state index contributed by atoms with van der Waals surface area (Å²) in [6.07, 6.45) is 4.17. The van der Waals surface area contributed by atoms with Gasteiger partial charge < -0.3 is 20.3 Å². The minimum Gasteiger partial charge on any atom is -0.481 e. The number of aliphatic carboxylic acids is 1. The van der Waals surface area contributed by atoms with Gasteiger partial charge in [-0.25, -0.2) is 4.79 Å². The van der Waals surface area contributed by atoms with Gasteiger partial charge in [0.1, 0.15) is 0 Å². The van der Waals surface area contributed by atoms with Crippen molar-refractivity contribution in [3.8, 4) is 0 Å². The van der Waals surface area contributed by atoms with E-state index in [-0.39, 0.29) is 23.6 Å². The van der Waals surface area contributed by atoms with Gasteiger partial charge in [-0.15, -0.1) is 0 Å². The van der Waals surface area contributed by atoms with E-state index in [0.717, 1.165) is 5.39 Å². The third kappa shape index (κ3) is 3.81. The van der Waals surface area contributed by atoms with Crippen LogP contribution in [0.2, 0.25) is 0 Å². The fourth-order valence-electron chi connectivity index (χ4n) is 3.25. The van der Waals surface area contributed by atoms with Gasteiger partial charge in [0, 0.05) is 30.4 Å². The second kappa shape index (κ2) is 6.96. The zero-order chi connectivity index (χ0) is 18.0. The highest BCUT2D eigenvalue weighted by atomic mass is 16.4. The topological polar surface area (TPSA) is 100 Å². The van der Waals surface area contributed by atoms with Crippen molar-refractivity contribution in [3.05, 3.63) is 40.8 Å². The van der Waals surface area contributed by atoms with Gasteiger partial charge in [-0.2, -0.15) is 0 Å². The number of carbonyl (C=O) groups is 2. The SMILES string of the molecule is Cn1ccc2ccc(NC(=O)NC3CCC(C(=O)O)CC3)cc2c1=O. The number of carboxylic acid groups (broad SMARTS) is 1. The van der Waals surface area contributed by atoms with E-state index in [1.54, 1.807) is 31.4 Å². The van der Waals surface area contributed by atoms with E-state index in [0.29, 0.717) is 36.8 Å². The van der Waals surface area contributed by atoms with Crippen LogP contribution in [0.15, 0.2) is 35.3 Å². The van der Waals surface area contributed by atoms with Gasteiger partial charge in [-0.1, -0.05) is 6.07 Å². The Morgan fingerprint density at radius 3 is 2.56 bits per heavy atom. The summed E-state index contributed by atoms with van der Waals surface area (Å²) < 4.78 is 1.49. The number of aryl methyl sites for hydroxylation is 1. The van der Waals surface area contributed by atoms with Crippen molar-refractivity contribution in [2.45, 2.75) is 31.7 Å². The monoisotopic (exact) mass is 343 g/mol. The molecule has 0 unspecified atom stereocenters. The number of nitrogens with zero attached hydrogens (tertiary/aromatic N) is 1. The first-order valence-corrected chi connectivity index (χ1v) is 8.34. The van der Waals surface area contributed by atoms with E-state index in [1.165, 1.54) is 4.57 Å². The lowest BCUT2D eigenvalue weighted by Gasteiger charge is -2.26. The Kier molecular flexibility index (Phi) is 4.74. The molecule has 0 radical (unpaired) electrons. The van der Waals surface area contributed by atoms with Crippen LogP contribution in [0.1, 0.15) is 25.7 Å². The zero-order valence-electron chi connectivity index (χ0n) is 14.0. The van der Waals surface area contributed by atoms with E-state index in [2.05, 4.69) is 10.6 Å². The van der Waals surface area contributed by atoms with Crippen LogP contribution in [0.25, 0.3) is 10.8 Å². The number of carbonyl (C=O) groups excluding carboxylic acids is 1. The Labute approximate surface area is 144 Å². The Balaban J connectivity index is 1.63. The molecule has 2 aromatic rings. The number of nitrogens with one attached hydrogen (secondary N) is 2. The third-order valence-electron chi connectivity index (χ3n) is 4.75. The minimum absolute atomic E-state index is 0.0241. The molecule has 0 bridgehead atoms. The van der Waals surface area contributed by atoms with Crippen LogP contribution in [0.3, 0.4) is 0 Å².